The van der Waals surface area contributed by atoms with Gasteiger partial charge in [-0.15, -0.1) is 0 Å². The van der Waals surface area contributed by atoms with Gasteiger partial charge in [-0.25, -0.2) is 4.98 Å². The molecule has 1 aromatic heterocycles. The fraction of sp³-hybridized carbons (Fsp3) is 0.412. The van der Waals surface area contributed by atoms with E-state index in [1.54, 1.807) is 0 Å². The van der Waals surface area contributed by atoms with Crippen LogP contribution in [0.2, 0.25) is 0 Å². The molecule has 11 nitrogen and oxygen atoms in total. The fourth-order valence-corrected chi connectivity index (χ4v) is 4.24. The Balaban J connectivity index is 0.000000255. The number of hydrogen-bond acceptors (Lipinski definition) is 10. The van der Waals surface area contributed by atoms with Gasteiger partial charge in [0.25, 0.3) is 5.91 Å². The van der Waals surface area contributed by atoms with Crippen LogP contribution in [0.25, 0.3) is 0 Å². The van der Waals surface area contributed by atoms with E-state index in [1.165, 1.54) is 31.9 Å². The van der Waals surface area contributed by atoms with Crippen LogP contribution in [-0.4, -0.2) is 54.0 Å². The van der Waals surface area contributed by atoms with Crippen LogP contribution in [0.5, 0.6) is 11.5 Å². The first kappa shape index (κ1) is 36.7. The summed E-state index contributed by atoms with van der Waals surface area (Å²) in [6, 6.07) is 21.2. The third-order valence-electron chi connectivity index (χ3n) is 6.48. The minimum Gasteiger partial charge on any atom is -0.493 e. The van der Waals surface area contributed by atoms with Gasteiger partial charge in [0.15, 0.2) is 17.2 Å². The van der Waals surface area contributed by atoms with E-state index >= 15 is 0 Å². The first-order valence-electron chi connectivity index (χ1n) is 14.8. The van der Waals surface area contributed by atoms with Gasteiger partial charge < -0.3 is 34.5 Å². The number of cyclic esters (lactones) is 1. The number of aliphatic hydroxyl groups excluding tert-OH is 1. The highest BCUT2D eigenvalue weighted by atomic mass is 16.7. The molecule has 0 radical (unpaired) electrons. The predicted octanol–water partition coefficient (Wildman–Crippen LogP) is 5.13. The van der Waals surface area contributed by atoms with Gasteiger partial charge in [0.05, 0.1) is 26.4 Å². The quantitative estimate of drug-likeness (QED) is 0.242. The molecule has 4 rings (SSSR count). The molecule has 0 bridgehead atoms. The van der Waals surface area contributed by atoms with Crippen molar-refractivity contribution in [1.29, 1.82) is 0 Å². The van der Waals surface area contributed by atoms with Gasteiger partial charge in [-0.05, 0) is 30.9 Å². The zero-order valence-electron chi connectivity index (χ0n) is 26.2. The molecule has 2 unspecified atom stereocenters. The molecular formula is C34H44N2O9. The molecule has 0 spiro atoms. The van der Waals surface area contributed by atoms with Crippen molar-refractivity contribution >= 4 is 17.8 Å². The summed E-state index contributed by atoms with van der Waals surface area (Å²) in [7, 11) is 1.40. The van der Waals surface area contributed by atoms with Crippen LogP contribution >= 0.6 is 0 Å². The number of primary amides is 1. The lowest BCUT2D eigenvalue weighted by Gasteiger charge is -2.23. The van der Waals surface area contributed by atoms with Crippen molar-refractivity contribution < 1.29 is 43.2 Å². The summed E-state index contributed by atoms with van der Waals surface area (Å²) in [5.41, 5.74) is 7.19. The number of esters is 2. The van der Waals surface area contributed by atoms with Crippen molar-refractivity contribution in [3.8, 4) is 11.5 Å². The van der Waals surface area contributed by atoms with E-state index in [4.69, 9.17) is 29.8 Å². The smallest absolute Gasteiger partial charge is 0.306 e. The molecule has 11 heteroatoms. The average Bonchev–Trinajstić information content (AvgIpc) is 3.04. The average molecular weight is 625 g/mol. The van der Waals surface area contributed by atoms with Crippen molar-refractivity contribution in [3.63, 3.8) is 0 Å². The van der Waals surface area contributed by atoms with E-state index < -0.39 is 11.9 Å². The Hall–Kier alpha value is -4.48. The predicted molar refractivity (Wildman–Crippen MR) is 167 cm³/mol. The SMILES string of the molecule is CC1CC(OCc2ccccc2)CCCCCC(=O)O1.COc1ccnc(C(N)=O)c1OCOC(C)=O.OCc1ccccc1. The number of ether oxygens (including phenoxy) is 5. The van der Waals surface area contributed by atoms with Crippen LogP contribution in [0.3, 0.4) is 0 Å². The van der Waals surface area contributed by atoms with E-state index in [1.807, 2.05) is 55.5 Å². The minimum absolute atomic E-state index is 0.0451. The lowest BCUT2D eigenvalue weighted by molar-refractivity contribution is -0.151. The second kappa shape index (κ2) is 21.3. The Morgan fingerprint density at radius 1 is 1.00 bits per heavy atom. The molecule has 1 fully saturated rings. The normalized spacial score (nSPS) is 16.3. The molecule has 1 saturated heterocycles. The third kappa shape index (κ3) is 15.2. The molecule has 0 aliphatic carbocycles. The van der Waals surface area contributed by atoms with E-state index in [0.717, 1.165) is 37.7 Å². The zero-order valence-corrected chi connectivity index (χ0v) is 26.2. The molecule has 3 N–H and O–H groups in total. The van der Waals surface area contributed by atoms with Crippen molar-refractivity contribution in [1.82, 2.24) is 4.98 Å². The highest BCUT2D eigenvalue weighted by molar-refractivity contribution is 5.94. The first-order valence-corrected chi connectivity index (χ1v) is 14.8. The topological polar surface area (TPSA) is 156 Å². The second-order valence-corrected chi connectivity index (χ2v) is 10.2. The van der Waals surface area contributed by atoms with Crippen molar-refractivity contribution in [2.45, 2.75) is 77.8 Å². The summed E-state index contributed by atoms with van der Waals surface area (Å²) in [5, 5.41) is 8.54. The molecule has 2 heterocycles. The second-order valence-electron chi connectivity index (χ2n) is 10.2. The highest BCUT2D eigenvalue weighted by Crippen LogP contribution is 2.29. The molecule has 2 aromatic carbocycles. The Morgan fingerprint density at radius 3 is 2.24 bits per heavy atom. The van der Waals surface area contributed by atoms with Crippen molar-refractivity contribution in [2.24, 2.45) is 5.73 Å². The van der Waals surface area contributed by atoms with Crippen LogP contribution in [-0.2, 0) is 37.0 Å². The standard InChI is InChI=1S/C17H24O3.C10H12N2O5.C7H8O/c1-14-12-16(10-6-3-7-11-17(18)20-14)19-13-15-8-4-2-5-9-15;1-6(13)16-5-17-9-7(15-2)3-4-12-8(9)10(11)14;8-6-7-4-2-1-3-5-7/h2,4-5,8-9,14,16H,3,6-7,10-13H2,1H3;3-4H,5H2,1-2H3,(H2,11,14);1-5,8H,6H2. The lowest BCUT2D eigenvalue weighted by atomic mass is 10.0. The number of aliphatic hydroxyl groups is 1. The zero-order chi connectivity index (χ0) is 32.9. The summed E-state index contributed by atoms with van der Waals surface area (Å²) in [5.74, 6) is -1.01. The number of methoxy groups -OCH3 is 1. The molecule has 244 valence electrons. The number of benzene rings is 2. The molecule has 0 saturated carbocycles. The van der Waals surface area contributed by atoms with Crippen LogP contribution in [0.4, 0.5) is 0 Å². The molecule has 1 amide bonds. The largest absolute Gasteiger partial charge is 0.493 e. The number of pyridine rings is 1. The molecule has 3 aromatic rings. The highest BCUT2D eigenvalue weighted by Gasteiger charge is 2.19. The van der Waals surface area contributed by atoms with Crippen molar-refractivity contribution in [2.75, 3.05) is 13.9 Å². The fourth-order valence-electron chi connectivity index (χ4n) is 4.24. The Bertz CT molecular complexity index is 1290. The van der Waals surface area contributed by atoms with E-state index in [2.05, 4.69) is 21.9 Å². The number of nitrogens with two attached hydrogens (primary N) is 1. The van der Waals surface area contributed by atoms with Gasteiger partial charge in [-0.1, -0.05) is 73.5 Å². The number of hydrogen-bond donors (Lipinski definition) is 2. The number of nitrogens with zero attached hydrogens (tertiary/aromatic N) is 1. The summed E-state index contributed by atoms with van der Waals surface area (Å²) in [4.78, 5) is 37.0. The maximum Gasteiger partial charge on any atom is 0.306 e. The summed E-state index contributed by atoms with van der Waals surface area (Å²) in [6.45, 7) is 3.61. The number of aromatic nitrogens is 1. The maximum absolute atomic E-state index is 11.5. The Kier molecular flexibility index (Phi) is 17.3. The Morgan fingerprint density at radius 2 is 1.67 bits per heavy atom. The van der Waals surface area contributed by atoms with E-state index in [0.29, 0.717) is 13.0 Å². The van der Waals surface area contributed by atoms with Crippen LogP contribution in [0, 0.1) is 0 Å². The van der Waals surface area contributed by atoms with Gasteiger partial charge in [0.2, 0.25) is 6.79 Å². The van der Waals surface area contributed by atoms with E-state index in [-0.39, 0.29) is 48.8 Å². The van der Waals surface area contributed by atoms with Gasteiger partial charge in [0.1, 0.15) is 6.10 Å². The molecule has 1 aliphatic rings. The number of rotatable bonds is 9. The monoisotopic (exact) mass is 624 g/mol. The first-order chi connectivity index (χ1) is 21.7. The molecular weight excluding hydrogens is 580 g/mol. The molecule has 45 heavy (non-hydrogen) atoms. The van der Waals surface area contributed by atoms with Crippen LogP contribution in [0.1, 0.15) is 74.0 Å². The Labute approximate surface area is 264 Å². The minimum atomic E-state index is -0.762. The van der Waals surface area contributed by atoms with Crippen LogP contribution < -0.4 is 15.2 Å². The number of carbonyl (C=O) groups excluding carboxylic acids is 3. The van der Waals surface area contributed by atoms with E-state index in [9.17, 15) is 14.4 Å². The summed E-state index contributed by atoms with van der Waals surface area (Å²) in [6.07, 6.45) is 7.01. The van der Waals surface area contributed by atoms with Gasteiger partial charge in [-0.3, -0.25) is 14.4 Å². The lowest BCUT2D eigenvalue weighted by Crippen LogP contribution is -2.24. The summed E-state index contributed by atoms with van der Waals surface area (Å²) < 4.78 is 26.1. The van der Waals surface area contributed by atoms with Crippen molar-refractivity contribution in [3.05, 3.63) is 89.7 Å². The number of carbonyl (C=O) groups is 3. The van der Waals surface area contributed by atoms with Gasteiger partial charge in [-0.2, -0.15) is 0 Å². The molecule has 2 atom stereocenters. The molecule has 1 aliphatic heterocycles. The summed E-state index contributed by atoms with van der Waals surface area (Å²) >= 11 is 0. The maximum atomic E-state index is 11.5. The number of amides is 1. The van der Waals surface area contributed by atoms with Gasteiger partial charge >= 0.3 is 11.9 Å². The third-order valence-corrected chi connectivity index (χ3v) is 6.48. The van der Waals surface area contributed by atoms with Crippen LogP contribution in [0.15, 0.2) is 72.9 Å². The van der Waals surface area contributed by atoms with Gasteiger partial charge in [0, 0.05) is 32.0 Å².